The van der Waals surface area contributed by atoms with Gasteiger partial charge in [-0.05, 0) is 57.7 Å². The molecule has 2 unspecified atom stereocenters. The van der Waals surface area contributed by atoms with Gasteiger partial charge < -0.3 is 19.3 Å². The summed E-state index contributed by atoms with van der Waals surface area (Å²) >= 11 is 0. The van der Waals surface area contributed by atoms with Crippen LogP contribution in [0.15, 0.2) is 18.2 Å². The van der Waals surface area contributed by atoms with Crippen molar-refractivity contribution in [3.05, 3.63) is 29.3 Å². The Kier molecular flexibility index (Phi) is 6.60. The van der Waals surface area contributed by atoms with Gasteiger partial charge in [0.15, 0.2) is 6.61 Å². The Morgan fingerprint density at radius 2 is 1.71 bits per heavy atom. The zero-order valence-electron chi connectivity index (χ0n) is 17.4. The number of carbonyl (C=O) groups is 2. The average molecular weight is 389 g/mol. The summed E-state index contributed by atoms with van der Waals surface area (Å²) in [7, 11) is 0. The molecule has 1 aromatic carbocycles. The zero-order chi connectivity index (χ0) is 20.3. The van der Waals surface area contributed by atoms with E-state index in [1.54, 1.807) is 0 Å². The molecule has 6 nitrogen and oxygen atoms in total. The third kappa shape index (κ3) is 5.04. The highest BCUT2D eigenvalue weighted by atomic mass is 16.5. The van der Waals surface area contributed by atoms with Crippen molar-refractivity contribution in [2.45, 2.75) is 52.7 Å². The molecule has 1 aromatic rings. The average Bonchev–Trinajstić information content (AvgIpc) is 2.67. The van der Waals surface area contributed by atoms with Crippen molar-refractivity contribution < 1.29 is 19.1 Å². The lowest BCUT2D eigenvalue weighted by Gasteiger charge is -2.39. The number of benzene rings is 1. The molecule has 2 aliphatic rings. The maximum atomic E-state index is 12.8. The number of rotatable bonds is 4. The van der Waals surface area contributed by atoms with E-state index in [9.17, 15) is 9.59 Å². The highest BCUT2D eigenvalue weighted by molar-refractivity contribution is 5.81. The second-order valence-corrected chi connectivity index (χ2v) is 8.21. The summed E-state index contributed by atoms with van der Waals surface area (Å²) in [5.74, 6) is 0.955. The number of hydrogen-bond acceptors (Lipinski definition) is 4. The number of morpholine rings is 1. The third-order valence-corrected chi connectivity index (χ3v) is 5.62. The second-order valence-electron chi connectivity index (χ2n) is 8.21. The van der Waals surface area contributed by atoms with Crippen molar-refractivity contribution in [1.29, 1.82) is 0 Å². The lowest BCUT2D eigenvalue weighted by atomic mass is 9.94. The van der Waals surface area contributed by atoms with Gasteiger partial charge in [-0.15, -0.1) is 0 Å². The van der Waals surface area contributed by atoms with Gasteiger partial charge in [-0.25, -0.2) is 0 Å². The molecule has 2 aliphatic heterocycles. The predicted molar refractivity (Wildman–Crippen MR) is 107 cm³/mol. The molecule has 2 saturated heterocycles. The smallest absolute Gasteiger partial charge is 0.260 e. The topological polar surface area (TPSA) is 59.1 Å². The summed E-state index contributed by atoms with van der Waals surface area (Å²) in [5, 5.41) is 0. The van der Waals surface area contributed by atoms with Gasteiger partial charge in [-0.2, -0.15) is 0 Å². The van der Waals surface area contributed by atoms with E-state index < -0.39 is 0 Å². The third-order valence-electron chi connectivity index (χ3n) is 5.62. The van der Waals surface area contributed by atoms with Gasteiger partial charge >= 0.3 is 0 Å². The van der Waals surface area contributed by atoms with Crippen LogP contribution in [0.5, 0.6) is 5.75 Å². The van der Waals surface area contributed by atoms with Crippen LogP contribution in [0, 0.1) is 19.8 Å². The summed E-state index contributed by atoms with van der Waals surface area (Å²) < 4.78 is 11.5. The highest BCUT2D eigenvalue weighted by Gasteiger charge is 2.33. The van der Waals surface area contributed by atoms with Gasteiger partial charge in [-0.3, -0.25) is 9.59 Å². The van der Waals surface area contributed by atoms with Crippen LogP contribution in [0.2, 0.25) is 0 Å². The molecule has 0 bridgehead atoms. The number of likely N-dealkylation sites (tertiary alicyclic amines) is 1. The molecule has 0 saturated carbocycles. The van der Waals surface area contributed by atoms with Gasteiger partial charge in [0.1, 0.15) is 5.75 Å². The molecule has 0 spiro atoms. The van der Waals surface area contributed by atoms with E-state index in [4.69, 9.17) is 9.47 Å². The summed E-state index contributed by atoms with van der Waals surface area (Å²) in [4.78, 5) is 29.1. The van der Waals surface area contributed by atoms with E-state index in [0.717, 1.165) is 16.9 Å². The SMILES string of the molecule is Cc1ccc(C)c(OCC(=O)N2CCC(C(=O)N3CC(C)OC(C)C3)CC2)c1. The first-order valence-corrected chi connectivity index (χ1v) is 10.3. The molecular weight excluding hydrogens is 356 g/mol. The molecule has 6 heteroatoms. The molecule has 2 heterocycles. The Morgan fingerprint density at radius 3 is 2.36 bits per heavy atom. The molecule has 0 radical (unpaired) electrons. The van der Waals surface area contributed by atoms with Crippen molar-refractivity contribution in [1.82, 2.24) is 9.80 Å². The number of piperidine rings is 1. The molecule has 28 heavy (non-hydrogen) atoms. The van der Waals surface area contributed by atoms with E-state index >= 15 is 0 Å². The summed E-state index contributed by atoms with van der Waals surface area (Å²) in [6.45, 7) is 10.6. The fourth-order valence-electron chi connectivity index (χ4n) is 4.09. The largest absolute Gasteiger partial charge is 0.483 e. The number of nitrogens with zero attached hydrogens (tertiary/aromatic N) is 2. The molecule has 154 valence electrons. The minimum atomic E-state index is -0.0135. The van der Waals surface area contributed by atoms with E-state index in [1.807, 2.05) is 55.7 Å². The van der Waals surface area contributed by atoms with Crippen LogP contribution in [0.3, 0.4) is 0 Å². The quantitative estimate of drug-likeness (QED) is 0.795. The normalized spacial score (nSPS) is 23.6. The zero-order valence-corrected chi connectivity index (χ0v) is 17.4. The monoisotopic (exact) mass is 388 g/mol. The number of ether oxygens (including phenoxy) is 2. The molecular formula is C22H32N2O4. The van der Waals surface area contributed by atoms with Gasteiger partial charge in [-0.1, -0.05) is 12.1 Å². The minimum absolute atomic E-state index is 0.00138. The van der Waals surface area contributed by atoms with Crippen LogP contribution < -0.4 is 4.74 Å². The first-order valence-electron chi connectivity index (χ1n) is 10.3. The molecule has 3 rings (SSSR count). The summed E-state index contributed by atoms with van der Waals surface area (Å²) in [6, 6.07) is 5.99. The first kappa shape index (κ1) is 20.6. The number of hydrogen-bond donors (Lipinski definition) is 0. The maximum absolute atomic E-state index is 12.8. The van der Waals surface area contributed by atoms with Gasteiger partial charge in [0.05, 0.1) is 12.2 Å². The second kappa shape index (κ2) is 8.95. The Balaban J connectivity index is 1.47. The van der Waals surface area contributed by atoms with Gasteiger partial charge in [0, 0.05) is 32.1 Å². The molecule has 0 aromatic heterocycles. The Morgan fingerprint density at radius 1 is 1.07 bits per heavy atom. The van der Waals surface area contributed by atoms with E-state index in [1.165, 1.54) is 0 Å². The van der Waals surface area contributed by atoms with E-state index in [-0.39, 0.29) is 36.5 Å². The van der Waals surface area contributed by atoms with Crippen LogP contribution in [0.1, 0.15) is 37.8 Å². The molecule has 2 atom stereocenters. The number of aryl methyl sites for hydroxylation is 2. The van der Waals surface area contributed by atoms with Crippen molar-refractivity contribution in [3.8, 4) is 5.75 Å². The summed E-state index contributed by atoms with van der Waals surface area (Å²) in [6.07, 6.45) is 1.59. The molecule has 2 amide bonds. The lowest BCUT2D eigenvalue weighted by Crippen LogP contribution is -2.52. The predicted octanol–water partition coefficient (Wildman–Crippen LogP) is 2.56. The van der Waals surface area contributed by atoms with Gasteiger partial charge in [0.25, 0.3) is 5.91 Å². The summed E-state index contributed by atoms with van der Waals surface area (Å²) in [5.41, 5.74) is 2.13. The van der Waals surface area contributed by atoms with Crippen LogP contribution in [-0.2, 0) is 14.3 Å². The van der Waals surface area contributed by atoms with Crippen LogP contribution in [0.25, 0.3) is 0 Å². The Labute approximate surface area is 167 Å². The molecule has 2 fully saturated rings. The highest BCUT2D eigenvalue weighted by Crippen LogP contribution is 2.23. The Hall–Kier alpha value is -2.08. The first-order chi connectivity index (χ1) is 13.3. The molecule has 0 aliphatic carbocycles. The van der Waals surface area contributed by atoms with Crippen molar-refractivity contribution in [2.24, 2.45) is 5.92 Å². The van der Waals surface area contributed by atoms with E-state index in [2.05, 4.69) is 0 Å². The van der Waals surface area contributed by atoms with E-state index in [0.29, 0.717) is 39.0 Å². The number of amides is 2. The van der Waals surface area contributed by atoms with Crippen LogP contribution >= 0.6 is 0 Å². The lowest BCUT2D eigenvalue weighted by molar-refractivity contribution is -0.150. The van der Waals surface area contributed by atoms with Crippen molar-refractivity contribution in [2.75, 3.05) is 32.8 Å². The fourth-order valence-corrected chi connectivity index (χ4v) is 4.09. The number of carbonyl (C=O) groups excluding carboxylic acids is 2. The molecule has 0 N–H and O–H groups in total. The van der Waals surface area contributed by atoms with Crippen LogP contribution in [0.4, 0.5) is 0 Å². The van der Waals surface area contributed by atoms with Crippen molar-refractivity contribution in [3.63, 3.8) is 0 Å². The maximum Gasteiger partial charge on any atom is 0.260 e. The Bertz CT molecular complexity index is 702. The van der Waals surface area contributed by atoms with Gasteiger partial charge in [0.2, 0.25) is 5.91 Å². The standard InChI is InChI=1S/C22H32N2O4/c1-15-5-6-16(2)20(11-15)27-14-21(25)23-9-7-19(8-10-23)22(26)24-12-17(3)28-18(4)13-24/h5-6,11,17-19H,7-10,12-14H2,1-4H3. The fraction of sp³-hybridized carbons (Fsp3) is 0.636. The van der Waals surface area contributed by atoms with Crippen molar-refractivity contribution >= 4 is 11.8 Å². The van der Waals surface area contributed by atoms with Crippen LogP contribution in [-0.4, -0.2) is 66.6 Å². The minimum Gasteiger partial charge on any atom is -0.483 e.